The molecule has 2 aromatic carbocycles. The maximum absolute atomic E-state index is 12.0. The SMILES string of the molecule is O=C1/C(=C/c2ccccc2)Oc2cc(O)ccc21. The fourth-order valence-electron chi connectivity index (χ4n) is 1.88. The molecular formula is C15H10O3. The third-order valence-corrected chi connectivity index (χ3v) is 2.75. The standard InChI is InChI=1S/C15H10O3/c16-11-6-7-12-13(9-11)18-14(15(12)17)8-10-4-2-1-3-5-10/h1-9,16H/b14-8-. The van der Waals surface area contributed by atoms with Gasteiger partial charge in [0.25, 0.3) is 0 Å². The summed E-state index contributed by atoms with van der Waals surface area (Å²) >= 11 is 0. The van der Waals surface area contributed by atoms with Crippen molar-refractivity contribution in [2.45, 2.75) is 0 Å². The lowest BCUT2D eigenvalue weighted by molar-refractivity contribution is 0.101. The van der Waals surface area contributed by atoms with Crippen LogP contribution in [0.2, 0.25) is 0 Å². The predicted octanol–water partition coefficient (Wildman–Crippen LogP) is 3.01. The molecule has 0 fully saturated rings. The normalized spacial score (nSPS) is 15.6. The summed E-state index contributed by atoms with van der Waals surface area (Å²) in [6.07, 6.45) is 1.69. The molecule has 18 heavy (non-hydrogen) atoms. The fourth-order valence-corrected chi connectivity index (χ4v) is 1.88. The number of hydrogen-bond acceptors (Lipinski definition) is 3. The number of ether oxygens (including phenoxy) is 1. The van der Waals surface area contributed by atoms with Gasteiger partial charge in [-0.05, 0) is 23.8 Å². The van der Waals surface area contributed by atoms with Crippen LogP contribution in [-0.2, 0) is 0 Å². The highest BCUT2D eigenvalue weighted by atomic mass is 16.5. The molecular weight excluding hydrogens is 228 g/mol. The lowest BCUT2D eigenvalue weighted by atomic mass is 10.1. The number of phenolic OH excluding ortho intramolecular Hbond substituents is 1. The minimum atomic E-state index is -0.158. The molecule has 0 spiro atoms. The van der Waals surface area contributed by atoms with Gasteiger partial charge in [-0.1, -0.05) is 30.3 Å². The van der Waals surface area contributed by atoms with Crippen molar-refractivity contribution in [1.82, 2.24) is 0 Å². The molecule has 0 radical (unpaired) electrons. The molecule has 3 rings (SSSR count). The van der Waals surface area contributed by atoms with E-state index in [0.29, 0.717) is 11.3 Å². The molecule has 0 unspecified atom stereocenters. The molecule has 0 aromatic heterocycles. The van der Waals surface area contributed by atoms with Crippen LogP contribution in [0, 0.1) is 0 Å². The van der Waals surface area contributed by atoms with Gasteiger partial charge in [-0.3, -0.25) is 4.79 Å². The van der Waals surface area contributed by atoms with Gasteiger partial charge in [0.05, 0.1) is 5.56 Å². The first-order chi connectivity index (χ1) is 8.74. The molecule has 1 aliphatic heterocycles. The highest BCUT2D eigenvalue weighted by Gasteiger charge is 2.27. The van der Waals surface area contributed by atoms with Crippen LogP contribution in [0.4, 0.5) is 0 Å². The summed E-state index contributed by atoms with van der Waals surface area (Å²) in [6.45, 7) is 0. The van der Waals surface area contributed by atoms with E-state index in [-0.39, 0.29) is 17.3 Å². The Hall–Kier alpha value is -2.55. The predicted molar refractivity (Wildman–Crippen MR) is 67.5 cm³/mol. The second-order valence-electron chi connectivity index (χ2n) is 4.03. The van der Waals surface area contributed by atoms with Crippen LogP contribution in [-0.4, -0.2) is 10.9 Å². The van der Waals surface area contributed by atoms with E-state index in [4.69, 9.17) is 4.74 Å². The van der Waals surface area contributed by atoms with Crippen LogP contribution in [0.15, 0.2) is 54.3 Å². The molecule has 0 saturated carbocycles. The van der Waals surface area contributed by atoms with Gasteiger partial charge in [0.2, 0.25) is 5.78 Å². The van der Waals surface area contributed by atoms with Crippen molar-refractivity contribution >= 4 is 11.9 Å². The van der Waals surface area contributed by atoms with Gasteiger partial charge in [-0.2, -0.15) is 0 Å². The highest BCUT2D eigenvalue weighted by Crippen LogP contribution is 2.34. The Morgan fingerprint density at radius 3 is 2.61 bits per heavy atom. The smallest absolute Gasteiger partial charge is 0.231 e. The Labute approximate surface area is 104 Å². The molecule has 88 valence electrons. The summed E-state index contributed by atoms with van der Waals surface area (Å²) in [5.41, 5.74) is 1.38. The molecule has 1 N–H and O–H groups in total. The van der Waals surface area contributed by atoms with Crippen LogP contribution in [0.3, 0.4) is 0 Å². The topological polar surface area (TPSA) is 46.5 Å². The Kier molecular flexibility index (Phi) is 2.38. The van der Waals surface area contributed by atoms with Crippen molar-refractivity contribution in [1.29, 1.82) is 0 Å². The number of Topliss-reactive ketones (excluding diaryl/α,β-unsaturated/α-hetero) is 1. The second kappa shape index (κ2) is 4.04. The Balaban J connectivity index is 2.00. The van der Waals surface area contributed by atoms with Gasteiger partial charge < -0.3 is 9.84 Å². The Morgan fingerprint density at radius 2 is 1.83 bits per heavy atom. The average Bonchev–Trinajstić information content (AvgIpc) is 2.67. The molecule has 1 heterocycles. The minimum Gasteiger partial charge on any atom is -0.508 e. The molecule has 0 saturated heterocycles. The van der Waals surface area contributed by atoms with Crippen molar-refractivity contribution in [3.05, 3.63) is 65.4 Å². The first-order valence-electron chi connectivity index (χ1n) is 5.56. The van der Waals surface area contributed by atoms with E-state index in [0.717, 1.165) is 5.56 Å². The Morgan fingerprint density at radius 1 is 1.06 bits per heavy atom. The molecule has 3 heteroatoms. The van der Waals surface area contributed by atoms with E-state index in [2.05, 4.69) is 0 Å². The first kappa shape index (κ1) is 10.6. The van der Waals surface area contributed by atoms with E-state index in [1.807, 2.05) is 30.3 Å². The van der Waals surface area contributed by atoms with Crippen molar-refractivity contribution in [2.24, 2.45) is 0 Å². The van der Waals surface area contributed by atoms with Crippen LogP contribution >= 0.6 is 0 Å². The van der Waals surface area contributed by atoms with Gasteiger partial charge in [0, 0.05) is 6.07 Å². The number of rotatable bonds is 1. The second-order valence-corrected chi connectivity index (χ2v) is 4.03. The monoisotopic (exact) mass is 238 g/mol. The minimum absolute atomic E-state index is 0.0857. The van der Waals surface area contributed by atoms with Gasteiger partial charge in [0.15, 0.2) is 5.76 Å². The molecule has 0 atom stereocenters. The summed E-state index contributed by atoms with van der Waals surface area (Å²) in [4.78, 5) is 12.0. The molecule has 2 aromatic rings. The third kappa shape index (κ3) is 1.76. The zero-order chi connectivity index (χ0) is 12.5. The molecule has 0 aliphatic carbocycles. The summed E-state index contributed by atoms with van der Waals surface area (Å²) < 4.78 is 5.46. The van der Waals surface area contributed by atoms with Crippen molar-refractivity contribution < 1.29 is 14.6 Å². The third-order valence-electron chi connectivity index (χ3n) is 2.75. The van der Waals surface area contributed by atoms with E-state index < -0.39 is 0 Å². The maximum Gasteiger partial charge on any atom is 0.231 e. The molecule has 0 bridgehead atoms. The van der Waals surface area contributed by atoms with Crippen molar-refractivity contribution in [3.8, 4) is 11.5 Å². The van der Waals surface area contributed by atoms with Gasteiger partial charge in [-0.25, -0.2) is 0 Å². The van der Waals surface area contributed by atoms with Crippen LogP contribution in [0.1, 0.15) is 15.9 Å². The summed E-state index contributed by atoms with van der Waals surface area (Å²) in [7, 11) is 0. The van der Waals surface area contributed by atoms with E-state index in [9.17, 15) is 9.90 Å². The summed E-state index contributed by atoms with van der Waals surface area (Å²) in [5.74, 6) is 0.611. The number of benzene rings is 2. The number of carbonyl (C=O) groups excluding carboxylic acids is 1. The number of carbonyl (C=O) groups is 1. The van der Waals surface area contributed by atoms with Crippen LogP contribution in [0.5, 0.6) is 11.5 Å². The van der Waals surface area contributed by atoms with E-state index >= 15 is 0 Å². The lowest BCUT2D eigenvalue weighted by Gasteiger charge is -1.98. The molecule has 1 aliphatic rings. The largest absolute Gasteiger partial charge is 0.508 e. The maximum atomic E-state index is 12.0. The zero-order valence-electron chi connectivity index (χ0n) is 9.46. The summed E-state index contributed by atoms with van der Waals surface area (Å²) in [6, 6.07) is 14.0. The number of ketones is 1. The molecule has 3 nitrogen and oxygen atoms in total. The number of hydrogen-bond donors (Lipinski definition) is 1. The number of aromatic hydroxyl groups is 1. The Bertz CT molecular complexity index is 642. The van der Waals surface area contributed by atoms with E-state index in [1.54, 1.807) is 12.1 Å². The van der Waals surface area contributed by atoms with Crippen LogP contribution < -0.4 is 4.74 Å². The van der Waals surface area contributed by atoms with Crippen molar-refractivity contribution in [3.63, 3.8) is 0 Å². The first-order valence-corrected chi connectivity index (χ1v) is 5.56. The van der Waals surface area contributed by atoms with Gasteiger partial charge in [0.1, 0.15) is 11.5 Å². The highest BCUT2D eigenvalue weighted by molar-refractivity contribution is 6.14. The van der Waals surface area contributed by atoms with Gasteiger partial charge in [-0.15, -0.1) is 0 Å². The fraction of sp³-hybridized carbons (Fsp3) is 0. The number of allylic oxidation sites excluding steroid dienone is 1. The van der Waals surface area contributed by atoms with E-state index in [1.165, 1.54) is 12.1 Å². The number of fused-ring (bicyclic) bond motifs is 1. The van der Waals surface area contributed by atoms with Crippen LogP contribution in [0.25, 0.3) is 6.08 Å². The lowest BCUT2D eigenvalue weighted by Crippen LogP contribution is -1.97. The van der Waals surface area contributed by atoms with Crippen molar-refractivity contribution in [2.75, 3.05) is 0 Å². The zero-order valence-corrected chi connectivity index (χ0v) is 9.46. The molecule has 0 amide bonds. The number of phenols is 1. The van der Waals surface area contributed by atoms with Gasteiger partial charge >= 0.3 is 0 Å². The summed E-state index contributed by atoms with van der Waals surface area (Å²) in [5, 5.41) is 9.35. The quantitative estimate of drug-likeness (QED) is 0.777. The average molecular weight is 238 g/mol.